The maximum absolute atomic E-state index is 12.6. The van der Waals surface area contributed by atoms with Gasteiger partial charge in [0.25, 0.3) is 5.91 Å². The second-order valence-corrected chi connectivity index (χ2v) is 9.44. The summed E-state index contributed by atoms with van der Waals surface area (Å²) in [5.41, 5.74) is 8.17. The molecule has 1 aliphatic rings. The molecule has 8 heteroatoms. The van der Waals surface area contributed by atoms with Gasteiger partial charge >= 0.3 is 0 Å². The number of halogens is 1. The molecule has 0 spiro atoms. The quantitative estimate of drug-likeness (QED) is 0.500. The van der Waals surface area contributed by atoms with Crippen LogP contribution >= 0.6 is 11.6 Å². The number of nitrogens with two attached hydrogens (primary N) is 1. The SMILES string of the molecule is Cc1cc(OCCCC2CCN(c3ncc(Cl)cn3)CC2)cc(C)c1C(=O)NC(C)CCN. The van der Waals surface area contributed by atoms with Gasteiger partial charge in [-0.05, 0) is 88.6 Å². The molecule has 0 radical (unpaired) electrons. The second kappa shape index (κ2) is 12.2. The summed E-state index contributed by atoms with van der Waals surface area (Å²) < 4.78 is 6.02. The normalized spacial score (nSPS) is 15.4. The highest BCUT2D eigenvalue weighted by Crippen LogP contribution is 2.26. The Morgan fingerprint density at radius 1 is 1.24 bits per heavy atom. The van der Waals surface area contributed by atoms with E-state index < -0.39 is 0 Å². The van der Waals surface area contributed by atoms with E-state index in [1.807, 2.05) is 32.9 Å². The van der Waals surface area contributed by atoms with Crippen LogP contribution in [0.3, 0.4) is 0 Å². The molecule has 1 unspecified atom stereocenters. The third-order valence-electron chi connectivity index (χ3n) is 6.24. The molecular weight excluding hydrogens is 438 g/mol. The molecule has 1 saturated heterocycles. The number of benzene rings is 1. The molecule has 1 atom stereocenters. The number of rotatable bonds is 10. The van der Waals surface area contributed by atoms with E-state index in [4.69, 9.17) is 22.1 Å². The zero-order valence-electron chi connectivity index (χ0n) is 19.9. The summed E-state index contributed by atoms with van der Waals surface area (Å²) in [6.45, 7) is 9.07. The van der Waals surface area contributed by atoms with Gasteiger partial charge in [-0.1, -0.05) is 11.6 Å². The summed E-state index contributed by atoms with van der Waals surface area (Å²) in [7, 11) is 0. The maximum atomic E-state index is 12.6. The molecule has 0 saturated carbocycles. The minimum absolute atomic E-state index is 0.0483. The zero-order valence-corrected chi connectivity index (χ0v) is 20.7. The van der Waals surface area contributed by atoms with Crippen molar-refractivity contribution < 1.29 is 9.53 Å². The number of nitrogens with zero attached hydrogens (tertiary/aromatic N) is 3. The van der Waals surface area contributed by atoms with Crippen LogP contribution in [0.2, 0.25) is 5.02 Å². The Hall–Kier alpha value is -2.38. The minimum Gasteiger partial charge on any atom is -0.494 e. The van der Waals surface area contributed by atoms with Crippen LogP contribution in [0.1, 0.15) is 60.5 Å². The summed E-state index contributed by atoms with van der Waals surface area (Å²) in [6, 6.07) is 3.98. The van der Waals surface area contributed by atoms with Gasteiger partial charge in [0, 0.05) is 24.7 Å². The molecule has 33 heavy (non-hydrogen) atoms. The molecule has 7 nitrogen and oxygen atoms in total. The number of aromatic nitrogens is 2. The predicted molar refractivity (Wildman–Crippen MR) is 133 cm³/mol. The first-order valence-corrected chi connectivity index (χ1v) is 12.2. The van der Waals surface area contributed by atoms with Gasteiger partial charge in [0.15, 0.2) is 0 Å². The molecule has 0 aliphatic carbocycles. The van der Waals surface area contributed by atoms with Crippen molar-refractivity contribution in [3.05, 3.63) is 46.2 Å². The van der Waals surface area contributed by atoms with Crippen molar-refractivity contribution in [1.29, 1.82) is 0 Å². The lowest BCUT2D eigenvalue weighted by molar-refractivity contribution is 0.0937. The summed E-state index contributed by atoms with van der Waals surface area (Å²) >= 11 is 5.88. The second-order valence-electron chi connectivity index (χ2n) is 9.01. The number of ether oxygens (including phenoxy) is 1. The van der Waals surface area contributed by atoms with Crippen molar-refractivity contribution in [2.45, 2.75) is 58.9 Å². The van der Waals surface area contributed by atoms with Gasteiger partial charge in [0.2, 0.25) is 5.95 Å². The zero-order chi connectivity index (χ0) is 23.8. The van der Waals surface area contributed by atoms with Crippen LogP contribution in [-0.4, -0.2) is 48.2 Å². The summed E-state index contributed by atoms with van der Waals surface area (Å²) in [4.78, 5) is 23.5. The monoisotopic (exact) mass is 473 g/mol. The van der Waals surface area contributed by atoms with Crippen LogP contribution in [0, 0.1) is 19.8 Å². The van der Waals surface area contributed by atoms with E-state index in [0.29, 0.717) is 24.1 Å². The standard InChI is InChI=1S/C25H36ClN5O2/c1-17-13-22(14-18(2)23(17)24(32)30-19(3)6-9-27)33-12-4-5-20-7-10-31(11-8-20)25-28-15-21(26)16-29-25/h13-16,19-20H,4-12,27H2,1-3H3,(H,30,32). The molecule has 3 N–H and O–H groups in total. The Morgan fingerprint density at radius 3 is 2.48 bits per heavy atom. The number of aryl methyl sites for hydroxylation is 2. The lowest BCUT2D eigenvalue weighted by Gasteiger charge is -2.32. The molecule has 3 rings (SSSR count). The number of hydrogen-bond acceptors (Lipinski definition) is 6. The Kier molecular flexibility index (Phi) is 9.32. The number of carbonyl (C=O) groups excluding carboxylic acids is 1. The van der Waals surface area contributed by atoms with Crippen molar-refractivity contribution >= 4 is 23.5 Å². The van der Waals surface area contributed by atoms with E-state index in [2.05, 4.69) is 20.2 Å². The smallest absolute Gasteiger partial charge is 0.252 e. The van der Waals surface area contributed by atoms with E-state index in [0.717, 1.165) is 73.6 Å². The van der Waals surface area contributed by atoms with Gasteiger partial charge in [-0.25, -0.2) is 9.97 Å². The molecule has 180 valence electrons. The van der Waals surface area contributed by atoms with E-state index in [1.165, 1.54) is 0 Å². The largest absolute Gasteiger partial charge is 0.494 e. The van der Waals surface area contributed by atoms with Gasteiger partial charge in [-0.3, -0.25) is 4.79 Å². The molecular formula is C25H36ClN5O2. The number of piperidine rings is 1. The highest BCUT2D eigenvalue weighted by molar-refractivity contribution is 6.30. The first-order chi connectivity index (χ1) is 15.9. The number of hydrogen-bond donors (Lipinski definition) is 2. The van der Waals surface area contributed by atoms with Crippen molar-refractivity contribution in [2.24, 2.45) is 11.7 Å². The Balaban J connectivity index is 1.42. The summed E-state index contributed by atoms with van der Waals surface area (Å²) in [5.74, 6) is 2.24. The fourth-order valence-corrected chi connectivity index (χ4v) is 4.53. The highest BCUT2D eigenvalue weighted by Gasteiger charge is 2.21. The van der Waals surface area contributed by atoms with E-state index in [1.54, 1.807) is 12.4 Å². The summed E-state index contributed by atoms with van der Waals surface area (Å²) in [6.07, 6.45) is 8.49. The van der Waals surface area contributed by atoms with Gasteiger partial charge in [-0.15, -0.1) is 0 Å². The average Bonchev–Trinajstić information content (AvgIpc) is 2.77. The number of anilines is 1. The van der Waals surface area contributed by atoms with Crippen molar-refractivity contribution in [1.82, 2.24) is 15.3 Å². The predicted octanol–water partition coefficient (Wildman–Crippen LogP) is 4.29. The first kappa shape index (κ1) is 25.2. The van der Waals surface area contributed by atoms with Gasteiger partial charge < -0.3 is 20.7 Å². The van der Waals surface area contributed by atoms with Gasteiger partial charge in [0.05, 0.1) is 24.0 Å². The van der Waals surface area contributed by atoms with Crippen LogP contribution in [-0.2, 0) is 0 Å². The van der Waals surface area contributed by atoms with Crippen LogP contribution < -0.4 is 20.7 Å². The van der Waals surface area contributed by atoms with Crippen molar-refractivity contribution in [2.75, 3.05) is 31.1 Å². The topological polar surface area (TPSA) is 93.4 Å². The Morgan fingerprint density at radius 2 is 1.88 bits per heavy atom. The van der Waals surface area contributed by atoms with Gasteiger partial charge in [0.1, 0.15) is 5.75 Å². The lowest BCUT2D eigenvalue weighted by atomic mass is 9.92. The number of carbonyl (C=O) groups is 1. The number of nitrogens with one attached hydrogen (secondary N) is 1. The first-order valence-electron chi connectivity index (χ1n) is 11.8. The van der Waals surface area contributed by atoms with Crippen LogP contribution in [0.5, 0.6) is 5.75 Å². The molecule has 1 aromatic carbocycles. The third-order valence-corrected chi connectivity index (χ3v) is 6.44. The van der Waals surface area contributed by atoms with E-state index in [-0.39, 0.29) is 11.9 Å². The fraction of sp³-hybridized carbons (Fsp3) is 0.560. The number of amides is 1. The van der Waals surface area contributed by atoms with Crippen LogP contribution in [0.4, 0.5) is 5.95 Å². The van der Waals surface area contributed by atoms with Crippen molar-refractivity contribution in [3.63, 3.8) is 0 Å². The molecule has 1 aromatic heterocycles. The third kappa shape index (κ3) is 7.30. The molecule has 1 amide bonds. The lowest BCUT2D eigenvalue weighted by Crippen LogP contribution is -2.35. The maximum Gasteiger partial charge on any atom is 0.252 e. The summed E-state index contributed by atoms with van der Waals surface area (Å²) in [5, 5.41) is 3.59. The van der Waals surface area contributed by atoms with Crippen LogP contribution in [0.15, 0.2) is 24.5 Å². The molecule has 1 aliphatic heterocycles. The van der Waals surface area contributed by atoms with Crippen molar-refractivity contribution in [3.8, 4) is 5.75 Å². The Bertz CT molecular complexity index is 891. The van der Waals surface area contributed by atoms with Crippen LogP contribution in [0.25, 0.3) is 0 Å². The molecule has 2 heterocycles. The Labute approximate surface area is 202 Å². The molecule has 1 fully saturated rings. The fourth-order valence-electron chi connectivity index (χ4n) is 4.44. The van der Waals surface area contributed by atoms with E-state index >= 15 is 0 Å². The average molecular weight is 474 g/mol. The highest BCUT2D eigenvalue weighted by atomic mass is 35.5. The van der Waals surface area contributed by atoms with E-state index in [9.17, 15) is 4.79 Å². The molecule has 0 bridgehead atoms. The van der Waals surface area contributed by atoms with Gasteiger partial charge in [-0.2, -0.15) is 0 Å². The molecule has 2 aromatic rings. The minimum atomic E-state index is -0.0483.